The van der Waals surface area contributed by atoms with Gasteiger partial charge in [-0.05, 0) is 46.3 Å². The predicted octanol–water partition coefficient (Wildman–Crippen LogP) is 4.93. The van der Waals surface area contributed by atoms with Crippen LogP contribution in [0.3, 0.4) is 0 Å². The van der Waals surface area contributed by atoms with Crippen LogP contribution in [0.1, 0.15) is 10.4 Å². The molecule has 2 heterocycles. The van der Waals surface area contributed by atoms with E-state index in [0.717, 1.165) is 9.35 Å². The molecule has 4 rings (SSSR count). The number of aromatic nitrogens is 2. The molecular formula is C23H18BrN3O5S. The van der Waals surface area contributed by atoms with Crippen molar-refractivity contribution in [2.45, 2.75) is 0 Å². The number of nitrogens with zero attached hydrogens (tertiary/aromatic N) is 2. The molecule has 0 atom stereocenters. The summed E-state index contributed by atoms with van der Waals surface area (Å²) in [5, 5.41) is 3.62. The standard InChI is InChI=1S/C23H18BrN3O5S/c1-30-18-8-7-13(9-19(18)31-2)17-10-15(14-5-3-4-6-16(14)26-17)22(29)32-12-21(28)27-23-25-11-20(24)33-23/h3-11H,12H2,1-2H3,(H,25,27,28). The summed E-state index contributed by atoms with van der Waals surface area (Å²) in [5.74, 6) is 0.00833. The number of esters is 1. The van der Waals surface area contributed by atoms with E-state index in [4.69, 9.17) is 14.2 Å². The number of anilines is 1. The summed E-state index contributed by atoms with van der Waals surface area (Å²) >= 11 is 4.54. The molecule has 0 aliphatic heterocycles. The summed E-state index contributed by atoms with van der Waals surface area (Å²) in [6.07, 6.45) is 1.57. The van der Waals surface area contributed by atoms with Crippen LogP contribution in [0, 0.1) is 0 Å². The third-order valence-electron chi connectivity index (χ3n) is 4.67. The Morgan fingerprint density at radius 1 is 1.06 bits per heavy atom. The largest absolute Gasteiger partial charge is 0.493 e. The number of fused-ring (bicyclic) bond motifs is 1. The van der Waals surface area contributed by atoms with Crippen LogP contribution in [0.5, 0.6) is 11.5 Å². The maximum Gasteiger partial charge on any atom is 0.339 e. The summed E-state index contributed by atoms with van der Waals surface area (Å²) in [6.45, 7) is -0.446. The molecule has 0 aliphatic carbocycles. The van der Waals surface area contributed by atoms with E-state index in [2.05, 4.69) is 31.2 Å². The minimum Gasteiger partial charge on any atom is -0.493 e. The first-order chi connectivity index (χ1) is 16.0. The number of methoxy groups -OCH3 is 2. The molecule has 0 radical (unpaired) electrons. The van der Waals surface area contributed by atoms with Crippen molar-refractivity contribution in [3.05, 3.63) is 64.1 Å². The SMILES string of the molecule is COc1ccc(-c2cc(C(=O)OCC(=O)Nc3ncc(Br)s3)c3ccccc3n2)cc1OC. The Bertz CT molecular complexity index is 1340. The first-order valence-corrected chi connectivity index (χ1v) is 11.3. The topological polar surface area (TPSA) is 99.6 Å². The van der Waals surface area contributed by atoms with E-state index in [1.807, 2.05) is 24.3 Å². The molecule has 0 saturated heterocycles. The fourth-order valence-corrected chi connectivity index (χ4v) is 4.29. The fourth-order valence-electron chi connectivity index (χ4n) is 3.16. The molecule has 0 saturated carbocycles. The van der Waals surface area contributed by atoms with Crippen LogP contribution < -0.4 is 14.8 Å². The van der Waals surface area contributed by atoms with Gasteiger partial charge in [0.15, 0.2) is 23.2 Å². The molecule has 0 fully saturated rings. The number of rotatable bonds is 7. The van der Waals surface area contributed by atoms with Gasteiger partial charge in [0.2, 0.25) is 0 Å². The van der Waals surface area contributed by atoms with Crippen molar-refractivity contribution in [1.82, 2.24) is 9.97 Å². The number of para-hydroxylation sites is 1. The third-order valence-corrected chi connectivity index (χ3v) is 6.07. The Morgan fingerprint density at radius 2 is 1.85 bits per heavy atom. The summed E-state index contributed by atoms with van der Waals surface area (Å²) in [5.41, 5.74) is 2.21. The van der Waals surface area contributed by atoms with E-state index in [1.54, 1.807) is 44.7 Å². The number of thiazole rings is 1. The fraction of sp³-hybridized carbons (Fsp3) is 0.130. The second kappa shape index (κ2) is 9.97. The van der Waals surface area contributed by atoms with Gasteiger partial charge in [0.05, 0.1) is 41.0 Å². The lowest BCUT2D eigenvalue weighted by molar-refractivity contribution is -0.119. The highest BCUT2D eigenvalue weighted by Crippen LogP contribution is 2.33. The Kier molecular flexibility index (Phi) is 6.85. The number of amides is 1. The van der Waals surface area contributed by atoms with Crippen molar-refractivity contribution in [3.8, 4) is 22.8 Å². The maximum absolute atomic E-state index is 12.9. The highest BCUT2D eigenvalue weighted by Gasteiger charge is 2.18. The van der Waals surface area contributed by atoms with Gasteiger partial charge in [-0.25, -0.2) is 14.8 Å². The molecule has 1 N–H and O–H groups in total. The second-order valence-electron chi connectivity index (χ2n) is 6.74. The number of ether oxygens (including phenoxy) is 3. The monoisotopic (exact) mass is 527 g/mol. The van der Waals surface area contributed by atoms with Crippen molar-refractivity contribution < 1.29 is 23.8 Å². The van der Waals surface area contributed by atoms with Gasteiger partial charge >= 0.3 is 5.97 Å². The third kappa shape index (κ3) is 5.12. The number of hydrogen-bond acceptors (Lipinski definition) is 8. The lowest BCUT2D eigenvalue weighted by atomic mass is 10.0. The van der Waals surface area contributed by atoms with Gasteiger partial charge < -0.3 is 14.2 Å². The highest BCUT2D eigenvalue weighted by molar-refractivity contribution is 9.11. The lowest BCUT2D eigenvalue weighted by Gasteiger charge is -2.12. The Balaban J connectivity index is 1.61. The van der Waals surface area contributed by atoms with Gasteiger partial charge in [0.1, 0.15) is 0 Å². The molecule has 0 spiro atoms. The Hall–Kier alpha value is -3.50. The smallest absolute Gasteiger partial charge is 0.339 e. The van der Waals surface area contributed by atoms with Crippen molar-refractivity contribution in [3.63, 3.8) is 0 Å². The number of hydrogen-bond donors (Lipinski definition) is 1. The van der Waals surface area contributed by atoms with Crippen LogP contribution in [0.25, 0.3) is 22.2 Å². The summed E-state index contributed by atoms with van der Waals surface area (Å²) in [7, 11) is 3.11. The van der Waals surface area contributed by atoms with E-state index in [1.165, 1.54) is 11.3 Å². The highest BCUT2D eigenvalue weighted by atomic mass is 79.9. The average Bonchev–Trinajstić information content (AvgIpc) is 3.25. The quantitative estimate of drug-likeness (QED) is 0.340. The molecule has 33 heavy (non-hydrogen) atoms. The minimum atomic E-state index is -0.634. The number of benzene rings is 2. The predicted molar refractivity (Wildman–Crippen MR) is 129 cm³/mol. The molecule has 0 bridgehead atoms. The first-order valence-electron chi connectivity index (χ1n) is 9.69. The number of carbonyl (C=O) groups is 2. The molecule has 4 aromatic rings. The van der Waals surface area contributed by atoms with Gasteiger partial charge in [-0.2, -0.15) is 0 Å². The van der Waals surface area contributed by atoms with E-state index in [-0.39, 0.29) is 0 Å². The summed E-state index contributed by atoms with van der Waals surface area (Å²) in [6, 6.07) is 14.3. The number of pyridine rings is 1. The number of carbonyl (C=O) groups excluding carboxylic acids is 2. The minimum absolute atomic E-state index is 0.301. The van der Waals surface area contributed by atoms with Crippen molar-refractivity contribution in [1.29, 1.82) is 0 Å². The van der Waals surface area contributed by atoms with E-state index in [9.17, 15) is 9.59 Å². The van der Waals surface area contributed by atoms with Gasteiger partial charge in [0, 0.05) is 10.9 Å². The van der Waals surface area contributed by atoms with Gasteiger partial charge in [-0.15, -0.1) is 0 Å². The number of halogens is 1. The summed E-state index contributed by atoms with van der Waals surface area (Å²) in [4.78, 5) is 33.8. The lowest BCUT2D eigenvalue weighted by Crippen LogP contribution is -2.21. The second-order valence-corrected chi connectivity index (χ2v) is 9.15. The van der Waals surface area contributed by atoms with Crippen LogP contribution in [-0.2, 0) is 9.53 Å². The average molecular weight is 528 g/mol. The number of nitrogens with one attached hydrogen (secondary N) is 1. The zero-order valence-electron chi connectivity index (χ0n) is 17.6. The molecule has 0 unspecified atom stereocenters. The molecule has 10 heteroatoms. The molecule has 168 valence electrons. The van der Waals surface area contributed by atoms with Crippen molar-refractivity contribution in [2.24, 2.45) is 0 Å². The zero-order valence-corrected chi connectivity index (χ0v) is 20.0. The van der Waals surface area contributed by atoms with Gasteiger partial charge in [-0.1, -0.05) is 29.5 Å². The van der Waals surface area contributed by atoms with E-state index in [0.29, 0.717) is 38.8 Å². The maximum atomic E-state index is 12.9. The normalized spacial score (nSPS) is 10.6. The molecular weight excluding hydrogens is 510 g/mol. The van der Waals surface area contributed by atoms with Crippen LogP contribution in [0.2, 0.25) is 0 Å². The van der Waals surface area contributed by atoms with Crippen LogP contribution in [0.15, 0.2) is 58.5 Å². The van der Waals surface area contributed by atoms with Crippen LogP contribution in [-0.4, -0.2) is 42.7 Å². The molecule has 8 nitrogen and oxygen atoms in total. The van der Waals surface area contributed by atoms with Crippen LogP contribution >= 0.6 is 27.3 Å². The van der Waals surface area contributed by atoms with Crippen molar-refractivity contribution in [2.75, 3.05) is 26.1 Å². The van der Waals surface area contributed by atoms with E-state index < -0.39 is 18.5 Å². The van der Waals surface area contributed by atoms with Gasteiger partial charge in [0.25, 0.3) is 5.91 Å². The first kappa shape index (κ1) is 22.7. The summed E-state index contributed by atoms with van der Waals surface area (Å²) < 4.78 is 16.7. The van der Waals surface area contributed by atoms with Gasteiger partial charge in [-0.3, -0.25) is 10.1 Å². The van der Waals surface area contributed by atoms with E-state index >= 15 is 0 Å². The molecule has 1 amide bonds. The van der Waals surface area contributed by atoms with Crippen molar-refractivity contribution >= 4 is 55.2 Å². The molecule has 0 aliphatic rings. The molecule has 2 aromatic carbocycles. The van der Waals surface area contributed by atoms with Crippen LogP contribution in [0.4, 0.5) is 5.13 Å². The molecule has 2 aromatic heterocycles. The Morgan fingerprint density at radius 3 is 2.58 bits per heavy atom. The zero-order chi connectivity index (χ0) is 23.4. The Labute approximate surface area is 201 Å².